The van der Waals surface area contributed by atoms with Crippen LogP contribution >= 0.6 is 11.3 Å². The molecule has 0 bridgehead atoms. The number of nitrogens with one attached hydrogen (secondary N) is 2. The zero-order chi connectivity index (χ0) is 12.8. The molecule has 0 aliphatic carbocycles. The van der Waals surface area contributed by atoms with E-state index in [0.29, 0.717) is 6.42 Å². The number of carbonyl (C=O) groups excluding carboxylic acids is 1. The van der Waals surface area contributed by atoms with E-state index in [1.54, 1.807) is 17.5 Å². The average molecular weight is 263 g/mol. The van der Waals surface area contributed by atoms with Gasteiger partial charge < -0.3 is 5.32 Å². The van der Waals surface area contributed by atoms with E-state index in [0.717, 1.165) is 18.4 Å². The number of carbonyl (C=O) groups is 1. The van der Waals surface area contributed by atoms with Gasteiger partial charge in [-0.2, -0.15) is 5.10 Å². The molecule has 2 aromatic rings. The van der Waals surface area contributed by atoms with Gasteiger partial charge in [-0.25, -0.2) is 0 Å². The van der Waals surface area contributed by atoms with E-state index in [4.69, 9.17) is 0 Å². The SMILES string of the molecule is CC(Cc1cccs1)NC(=O)CCc1cn[nH]c1. The number of thiophene rings is 1. The van der Waals surface area contributed by atoms with Crippen LogP contribution < -0.4 is 5.32 Å². The summed E-state index contributed by atoms with van der Waals surface area (Å²) >= 11 is 1.73. The Bertz CT molecular complexity index is 464. The maximum absolute atomic E-state index is 11.7. The first-order valence-corrected chi connectivity index (χ1v) is 6.91. The Balaban J connectivity index is 1.70. The third-order valence-electron chi connectivity index (χ3n) is 2.69. The van der Waals surface area contributed by atoms with Crippen LogP contribution in [0.15, 0.2) is 29.9 Å². The predicted molar refractivity (Wildman–Crippen MR) is 72.5 cm³/mol. The first-order valence-electron chi connectivity index (χ1n) is 6.03. The minimum atomic E-state index is 0.0975. The molecule has 2 rings (SSSR count). The third kappa shape index (κ3) is 4.00. The van der Waals surface area contributed by atoms with Crippen LogP contribution in [-0.4, -0.2) is 22.1 Å². The van der Waals surface area contributed by atoms with E-state index in [1.807, 2.05) is 19.2 Å². The monoisotopic (exact) mass is 263 g/mol. The molecule has 0 aliphatic rings. The molecule has 0 aliphatic heterocycles. The van der Waals surface area contributed by atoms with Gasteiger partial charge in [-0.15, -0.1) is 11.3 Å². The van der Waals surface area contributed by atoms with Gasteiger partial charge in [0.1, 0.15) is 0 Å². The van der Waals surface area contributed by atoms with E-state index in [9.17, 15) is 4.79 Å². The number of aromatic nitrogens is 2. The molecule has 1 atom stereocenters. The fourth-order valence-corrected chi connectivity index (χ4v) is 2.64. The van der Waals surface area contributed by atoms with Gasteiger partial charge in [-0.05, 0) is 30.4 Å². The summed E-state index contributed by atoms with van der Waals surface area (Å²) in [5.74, 6) is 0.0975. The van der Waals surface area contributed by atoms with Gasteiger partial charge in [0.25, 0.3) is 0 Å². The number of H-pyrrole nitrogens is 1. The molecule has 1 unspecified atom stereocenters. The Morgan fingerprint density at radius 1 is 1.61 bits per heavy atom. The van der Waals surface area contributed by atoms with Gasteiger partial charge in [-0.1, -0.05) is 6.07 Å². The molecule has 2 aromatic heterocycles. The topological polar surface area (TPSA) is 57.8 Å². The Morgan fingerprint density at radius 3 is 3.17 bits per heavy atom. The lowest BCUT2D eigenvalue weighted by atomic mass is 10.1. The Hall–Kier alpha value is -1.62. The van der Waals surface area contributed by atoms with Crippen LogP contribution in [0.3, 0.4) is 0 Å². The highest BCUT2D eigenvalue weighted by atomic mass is 32.1. The molecular weight excluding hydrogens is 246 g/mol. The van der Waals surface area contributed by atoms with Gasteiger partial charge in [0.15, 0.2) is 0 Å². The minimum absolute atomic E-state index is 0.0975. The van der Waals surface area contributed by atoms with Gasteiger partial charge in [0.05, 0.1) is 6.20 Å². The molecule has 0 fully saturated rings. The number of aromatic amines is 1. The molecule has 0 spiro atoms. The summed E-state index contributed by atoms with van der Waals surface area (Å²) < 4.78 is 0. The van der Waals surface area contributed by atoms with Crippen molar-refractivity contribution < 1.29 is 4.79 Å². The summed E-state index contributed by atoms with van der Waals surface area (Å²) in [6.07, 6.45) is 5.71. The zero-order valence-electron chi connectivity index (χ0n) is 10.3. The highest BCUT2D eigenvalue weighted by Crippen LogP contribution is 2.11. The molecule has 0 saturated heterocycles. The number of amides is 1. The number of rotatable bonds is 6. The second-order valence-electron chi connectivity index (χ2n) is 4.36. The van der Waals surface area contributed by atoms with Crippen molar-refractivity contribution in [1.29, 1.82) is 0 Å². The normalized spacial score (nSPS) is 12.3. The second-order valence-corrected chi connectivity index (χ2v) is 5.39. The highest BCUT2D eigenvalue weighted by molar-refractivity contribution is 7.09. The maximum Gasteiger partial charge on any atom is 0.220 e. The fourth-order valence-electron chi connectivity index (χ4n) is 1.80. The summed E-state index contributed by atoms with van der Waals surface area (Å²) in [6, 6.07) is 4.31. The molecular formula is C13H17N3OS. The maximum atomic E-state index is 11.7. The van der Waals surface area contributed by atoms with Crippen LogP contribution in [0.5, 0.6) is 0 Å². The number of hydrogen-bond donors (Lipinski definition) is 2. The predicted octanol–water partition coefficient (Wildman–Crippen LogP) is 2.15. The van der Waals surface area contributed by atoms with E-state index in [-0.39, 0.29) is 11.9 Å². The van der Waals surface area contributed by atoms with Gasteiger partial charge >= 0.3 is 0 Å². The molecule has 1 amide bonds. The molecule has 5 heteroatoms. The molecule has 18 heavy (non-hydrogen) atoms. The average Bonchev–Trinajstić information content (AvgIpc) is 2.98. The molecule has 96 valence electrons. The minimum Gasteiger partial charge on any atom is -0.353 e. The molecule has 4 nitrogen and oxygen atoms in total. The Kier molecular flexibility index (Phi) is 4.52. The van der Waals surface area contributed by atoms with Crippen LogP contribution in [0.25, 0.3) is 0 Å². The van der Waals surface area contributed by atoms with Crippen molar-refractivity contribution in [3.05, 3.63) is 40.3 Å². The lowest BCUT2D eigenvalue weighted by Crippen LogP contribution is -2.33. The largest absolute Gasteiger partial charge is 0.353 e. The Labute approximate surface area is 110 Å². The molecule has 2 N–H and O–H groups in total. The van der Waals surface area contributed by atoms with Crippen molar-refractivity contribution in [1.82, 2.24) is 15.5 Å². The first-order chi connectivity index (χ1) is 8.74. The molecule has 0 saturated carbocycles. The standard InChI is InChI=1S/C13H17N3OS/c1-10(7-12-3-2-6-18-12)16-13(17)5-4-11-8-14-15-9-11/h2-3,6,8-10H,4-5,7H2,1H3,(H,14,15)(H,16,17). The highest BCUT2D eigenvalue weighted by Gasteiger charge is 2.09. The molecule has 2 heterocycles. The number of nitrogens with zero attached hydrogens (tertiary/aromatic N) is 1. The number of hydrogen-bond acceptors (Lipinski definition) is 3. The van der Waals surface area contributed by atoms with Crippen LogP contribution in [0.2, 0.25) is 0 Å². The van der Waals surface area contributed by atoms with Crippen molar-refractivity contribution in [2.24, 2.45) is 0 Å². The number of aryl methyl sites for hydroxylation is 1. The first kappa shape index (κ1) is 12.8. The summed E-state index contributed by atoms with van der Waals surface area (Å²) in [4.78, 5) is 13.0. The lowest BCUT2D eigenvalue weighted by Gasteiger charge is -2.12. The van der Waals surface area contributed by atoms with Crippen molar-refractivity contribution >= 4 is 17.2 Å². The zero-order valence-corrected chi connectivity index (χ0v) is 11.2. The molecule has 0 radical (unpaired) electrons. The van der Waals surface area contributed by atoms with Gasteiger partial charge in [0.2, 0.25) is 5.91 Å². The van der Waals surface area contributed by atoms with Crippen LogP contribution in [0.4, 0.5) is 0 Å². The van der Waals surface area contributed by atoms with E-state index < -0.39 is 0 Å². The van der Waals surface area contributed by atoms with E-state index in [1.165, 1.54) is 4.88 Å². The van der Waals surface area contributed by atoms with Crippen LogP contribution in [-0.2, 0) is 17.6 Å². The van der Waals surface area contributed by atoms with Gasteiger partial charge in [-0.3, -0.25) is 9.89 Å². The van der Waals surface area contributed by atoms with Gasteiger partial charge in [0, 0.05) is 30.0 Å². The van der Waals surface area contributed by atoms with Crippen molar-refractivity contribution in [3.8, 4) is 0 Å². The van der Waals surface area contributed by atoms with Crippen LogP contribution in [0.1, 0.15) is 23.8 Å². The summed E-state index contributed by atoms with van der Waals surface area (Å²) in [5, 5.41) is 11.7. The lowest BCUT2D eigenvalue weighted by molar-refractivity contribution is -0.121. The van der Waals surface area contributed by atoms with Crippen LogP contribution in [0, 0.1) is 0 Å². The van der Waals surface area contributed by atoms with Crippen molar-refractivity contribution in [3.63, 3.8) is 0 Å². The quantitative estimate of drug-likeness (QED) is 0.839. The second kappa shape index (κ2) is 6.35. The summed E-state index contributed by atoms with van der Waals surface area (Å²) in [6.45, 7) is 2.04. The van der Waals surface area contributed by atoms with E-state index in [2.05, 4.69) is 27.0 Å². The smallest absolute Gasteiger partial charge is 0.220 e. The van der Waals surface area contributed by atoms with Crippen molar-refractivity contribution in [2.75, 3.05) is 0 Å². The van der Waals surface area contributed by atoms with Crippen molar-refractivity contribution in [2.45, 2.75) is 32.2 Å². The fraction of sp³-hybridized carbons (Fsp3) is 0.385. The molecule has 0 aromatic carbocycles. The van der Waals surface area contributed by atoms with E-state index >= 15 is 0 Å². The summed E-state index contributed by atoms with van der Waals surface area (Å²) in [7, 11) is 0. The Morgan fingerprint density at radius 2 is 2.50 bits per heavy atom. The summed E-state index contributed by atoms with van der Waals surface area (Å²) in [5.41, 5.74) is 1.07. The third-order valence-corrected chi connectivity index (χ3v) is 3.59.